The van der Waals surface area contributed by atoms with Crippen molar-refractivity contribution in [2.75, 3.05) is 19.3 Å². The molecular formula is C14H24N4O2S. The van der Waals surface area contributed by atoms with E-state index in [2.05, 4.69) is 20.6 Å². The fourth-order valence-corrected chi connectivity index (χ4v) is 1.76. The van der Waals surface area contributed by atoms with Crippen LogP contribution in [0.25, 0.3) is 0 Å². The maximum Gasteiger partial charge on any atom is 0.191 e. The molecule has 0 saturated carbocycles. The molecule has 0 unspecified atom stereocenters. The van der Waals surface area contributed by atoms with E-state index in [1.807, 2.05) is 25.1 Å². The van der Waals surface area contributed by atoms with Crippen molar-refractivity contribution in [2.24, 2.45) is 4.99 Å². The first-order chi connectivity index (χ1) is 9.76. The van der Waals surface area contributed by atoms with Gasteiger partial charge >= 0.3 is 0 Å². The second-order valence-corrected chi connectivity index (χ2v) is 8.05. The average molecular weight is 312 g/mol. The molecule has 0 aliphatic rings. The van der Waals surface area contributed by atoms with Gasteiger partial charge in [-0.3, -0.25) is 4.98 Å². The molecule has 0 fully saturated rings. The summed E-state index contributed by atoms with van der Waals surface area (Å²) in [7, 11) is -3.14. The summed E-state index contributed by atoms with van der Waals surface area (Å²) in [5.74, 6) is 0.583. The first kappa shape index (κ1) is 17.4. The van der Waals surface area contributed by atoms with Gasteiger partial charge in [0.25, 0.3) is 0 Å². The number of aliphatic imine (C=N–C) groups is 1. The molecule has 2 N–H and O–H groups in total. The Labute approximate surface area is 127 Å². The van der Waals surface area contributed by atoms with Gasteiger partial charge in [-0.25, -0.2) is 13.4 Å². The van der Waals surface area contributed by atoms with Crippen molar-refractivity contribution in [2.45, 2.75) is 32.1 Å². The molecule has 0 aromatic carbocycles. The van der Waals surface area contributed by atoms with Gasteiger partial charge in [0.2, 0.25) is 0 Å². The minimum atomic E-state index is -3.14. The van der Waals surface area contributed by atoms with Crippen molar-refractivity contribution < 1.29 is 8.42 Å². The highest BCUT2D eigenvalue weighted by Crippen LogP contribution is 2.13. The Morgan fingerprint density at radius 2 is 2.05 bits per heavy atom. The predicted molar refractivity (Wildman–Crippen MR) is 86.0 cm³/mol. The molecule has 0 aliphatic carbocycles. The first-order valence-electron chi connectivity index (χ1n) is 6.88. The van der Waals surface area contributed by atoms with Crippen LogP contribution in [0.15, 0.2) is 29.4 Å². The van der Waals surface area contributed by atoms with Gasteiger partial charge in [0.05, 0.1) is 17.0 Å². The highest BCUT2D eigenvalue weighted by molar-refractivity contribution is 7.92. The van der Waals surface area contributed by atoms with Crippen molar-refractivity contribution in [1.29, 1.82) is 0 Å². The van der Waals surface area contributed by atoms with E-state index in [0.717, 1.165) is 5.69 Å². The van der Waals surface area contributed by atoms with Crippen LogP contribution in [0.1, 0.15) is 26.5 Å². The zero-order valence-electron chi connectivity index (χ0n) is 13.0. The van der Waals surface area contributed by atoms with E-state index in [4.69, 9.17) is 0 Å². The van der Waals surface area contributed by atoms with Gasteiger partial charge in [0.15, 0.2) is 15.8 Å². The molecule has 0 spiro atoms. The van der Waals surface area contributed by atoms with Crippen molar-refractivity contribution in [3.63, 3.8) is 0 Å². The van der Waals surface area contributed by atoms with Crippen LogP contribution < -0.4 is 10.6 Å². The molecule has 118 valence electrons. The summed E-state index contributed by atoms with van der Waals surface area (Å²) >= 11 is 0. The second kappa shape index (κ2) is 7.40. The zero-order chi connectivity index (χ0) is 15.9. The highest BCUT2D eigenvalue weighted by Gasteiger charge is 2.30. The molecule has 7 heteroatoms. The monoisotopic (exact) mass is 312 g/mol. The number of nitrogens with one attached hydrogen (secondary N) is 2. The van der Waals surface area contributed by atoms with E-state index in [0.29, 0.717) is 25.6 Å². The zero-order valence-corrected chi connectivity index (χ0v) is 13.9. The number of sulfone groups is 1. The number of guanidine groups is 1. The van der Waals surface area contributed by atoms with E-state index in [1.54, 1.807) is 20.0 Å². The van der Waals surface area contributed by atoms with Gasteiger partial charge < -0.3 is 10.6 Å². The number of hydrogen-bond acceptors (Lipinski definition) is 4. The van der Waals surface area contributed by atoms with Gasteiger partial charge in [-0.2, -0.15) is 0 Å². The summed E-state index contributed by atoms with van der Waals surface area (Å²) < 4.78 is 22.5. The summed E-state index contributed by atoms with van der Waals surface area (Å²) in [6.45, 7) is 6.78. The molecule has 1 aromatic heterocycles. The van der Waals surface area contributed by atoms with Crippen LogP contribution in [0.5, 0.6) is 0 Å². The molecule has 21 heavy (non-hydrogen) atoms. The molecule has 1 heterocycles. The summed E-state index contributed by atoms with van der Waals surface area (Å²) in [6, 6.07) is 5.66. The predicted octanol–water partition coefficient (Wildman–Crippen LogP) is 0.960. The normalized spacial score (nSPS) is 13.0. The van der Waals surface area contributed by atoms with Gasteiger partial charge in [-0.15, -0.1) is 0 Å². The summed E-state index contributed by atoms with van der Waals surface area (Å²) in [5.41, 5.74) is 0.858. The summed E-state index contributed by atoms with van der Waals surface area (Å²) in [6.07, 6.45) is 2.96. The van der Waals surface area contributed by atoms with Crippen molar-refractivity contribution in [1.82, 2.24) is 15.6 Å². The minimum absolute atomic E-state index is 0.292. The van der Waals surface area contributed by atoms with Crippen LogP contribution in [-0.2, 0) is 16.4 Å². The number of aromatic nitrogens is 1. The van der Waals surface area contributed by atoms with Crippen LogP contribution >= 0.6 is 0 Å². The number of rotatable bonds is 6. The van der Waals surface area contributed by atoms with E-state index >= 15 is 0 Å². The first-order valence-corrected chi connectivity index (χ1v) is 8.77. The van der Waals surface area contributed by atoms with Crippen molar-refractivity contribution in [3.05, 3.63) is 30.1 Å². The summed E-state index contributed by atoms with van der Waals surface area (Å²) in [4.78, 5) is 8.61. The molecule has 0 radical (unpaired) electrons. The third-order valence-electron chi connectivity index (χ3n) is 3.15. The molecule has 0 atom stereocenters. The van der Waals surface area contributed by atoms with Crippen molar-refractivity contribution in [3.8, 4) is 0 Å². The Bertz CT molecular complexity index is 568. The number of pyridine rings is 1. The molecule has 6 nitrogen and oxygen atoms in total. The fraction of sp³-hybridized carbons (Fsp3) is 0.571. The van der Waals surface area contributed by atoms with Crippen LogP contribution in [0, 0.1) is 0 Å². The average Bonchev–Trinajstić information content (AvgIpc) is 2.42. The summed E-state index contributed by atoms with van der Waals surface area (Å²) in [5, 5.41) is 6.16. The maximum atomic E-state index is 11.7. The van der Waals surface area contributed by atoms with Gasteiger partial charge in [-0.1, -0.05) is 6.07 Å². The Morgan fingerprint density at radius 1 is 1.33 bits per heavy atom. The number of hydrogen-bond donors (Lipinski definition) is 2. The smallest absolute Gasteiger partial charge is 0.191 e. The molecule has 0 aliphatic heterocycles. The SMILES string of the molecule is CCNC(=NCc1ccccn1)NCC(C)(C)S(C)(=O)=O. The molecule has 0 saturated heterocycles. The standard InChI is InChI=1S/C14H24N4O2S/c1-5-15-13(17-10-12-8-6-7-9-16-12)18-11-14(2,3)21(4,19)20/h6-9H,5,10-11H2,1-4H3,(H2,15,17,18). The number of nitrogens with zero attached hydrogens (tertiary/aromatic N) is 2. The molecule has 1 aromatic rings. The van der Waals surface area contributed by atoms with Gasteiger partial charge in [-0.05, 0) is 32.9 Å². The Morgan fingerprint density at radius 3 is 2.57 bits per heavy atom. The lowest BCUT2D eigenvalue weighted by atomic mass is 10.2. The second-order valence-electron chi connectivity index (χ2n) is 5.40. The van der Waals surface area contributed by atoms with E-state index in [9.17, 15) is 8.42 Å². The lowest BCUT2D eigenvalue weighted by molar-refractivity contribution is 0.544. The maximum absolute atomic E-state index is 11.7. The van der Waals surface area contributed by atoms with Crippen LogP contribution in [0.2, 0.25) is 0 Å². The van der Waals surface area contributed by atoms with E-state index in [-0.39, 0.29) is 0 Å². The largest absolute Gasteiger partial charge is 0.357 e. The molecule has 1 rings (SSSR count). The lowest BCUT2D eigenvalue weighted by Crippen LogP contribution is -2.47. The Balaban J connectivity index is 2.70. The highest BCUT2D eigenvalue weighted by atomic mass is 32.2. The van der Waals surface area contributed by atoms with Gasteiger partial charge in [0, 0.05) is 25.5 Å². The third-order valence-corrected chi connectivity index (χ3v) is 5.31. The van der Waals surface area contributed by atoms with E-state index in [1.165, 1.54) is 6.26 Å². The Hall–Kier alpha value is -1.63. The minimum Gasteiger partial charge on any atom is -0.357 e. The third kappa shape index (κ3) is 5.71. The van der Waals surface area contributed by atoms with Crippen LogP contribution in [0.3, 0.4) is 0 Å². The topological polar surface area (TPSA) is 83.4 Å². The van der Waals surface area contributed by atoms with Crippen LogP contribution in [-0.4, -0.2) is 43.5 Å². The fourth-order valence-electron chi connectivity index (χ4n) is 1.42. The van der Waals surface area contributed by atoms with Crippen molar-refractivity contribution >= 4 is 15.8 Å². The molecule has 0 amide bonds. The van der Waals surface area contributed by atoms with Gasteiger partial charge in [0.1, 0.15) is 0 Å². The molecular weight excluding hydrogens is 288 g/mol. The Kier molecular flexibility index (Phi) is 6.14. The quantitative estimate of drug-likeness (QED) is 0.604. The van der Waals surface area contributed by atoms with Crippen LogP contribution in [0.4, 0.5) is 0 Å². The lowest BCUT2D eigenvalue weighted by Gasteiger charge is -2.24. The molecule has 0 bridgehead atoms. The van der Waals surface area contributed by atoms with E-state index < -0.39 is 14.6 Å².